The first kappa shape index (κ1) is 23.2. The number of morpholine rings is 1. The summed E-state index contributed by atoms with van der Waals surface area (Å²) in [5.74, 6) is 1.10. The molecule has 4 rings (SSSR count). The van der Waals surface area contributed by atoms with E-state index in [-0.39, 0.29) is 10.8 Å². The Morgan fingerprint density at radius 3 is 2.31 bits per heavy atom. The minimum Gasteiger partial charge on any atom is -0.379 e. The molecular formula is C21H29N5O4S2. The zero-order valence-corrected chi connectivity index (χ0v) is 19.9. The van der Waals surface area contributed by atoms with Crippen LogP contribution in [0, 0.1) is 0 Å². The Labute approximate surface area is 193 Å². The number of aromatic nitrogens is 3. The van der Waals surface area contributed by atoms with Crippen molar-refractivity contribution in [1.29, 1.82) is 0 Å². The van der Waals surface area contributed by atoms with E-state index in [2.05, 4.69) is 10.2 Å². The van der Waals surface area contributed by atoms with Gasteiger partial charge in [0.25, 0.3) is 0 Å². The van der Waals surface area contributed by atoms with Gasteiger partial charge in [0.1, 0.15) is 0 Å². The van der Waals surface area contributed by atoms with Gasteiger partial charge in [-0.15, -0.1) is 10.2 Å². The molecule has 11 heteroatoms. The van der Waals surface area contributed by atoms with Crippen LogP contribution in [0.15, 0.2) is 34.3 Å². The molecule has 0 aliphatic carbocycles. The number of rotatable bonds is 6. The Hall–Kier alpha value is -1.95. The number of likely N-dealkylation sites (tertiary alicyclic amines) is 1. The average Bonchev–Trinajstić information content (AvgIpc) is 3.01. The molecule has 2 aromatic rings. The SMILES string of the molecule is Cn1c(SCC(=O)N2CCCCCC2)nnc1-c1ccc(S(=O)(=O)N2CCOCC2)cc1. The van der Waals surface area contributed by atoms with Crippen LogP contribution in [0.1, 0.15) is 25.7 Å². The zero-order chi connectivity index (χ0) is 22.6. The van der Waals surface area contributed by atoms with Gasteiger partial charge < -0.3 is 14.2 Å². The van der Waals surface area contributed by atoms with Crippen LogP contribution in [-0.4, -0.2) is 83.4 Å². The second kappa shape index (κ2) is 10.3. The molecule has 0 saturated carbocycles. The topological polar surface area (TPSA) is 97.6 Å². The molecule has 2 fully saturated rings. The number of hydrogen-bond acceptors (Lipinski definition) is 7. The highest BCUT2D eigenvalue weighted by atomic mass is 32.2. The lowest BCUT2D eigenvalue weighted by atomic mass is 10.2. The predicted molar refractivity (Wildman–Crippen MR) is 122 cm³/mol. The quantitative estimate of drug-likeness (QED) is 0.585. The van der Waals surface area contributed by atoms with Crippen molar-refractivity contribution in [3.8, 4) is 11.4 Å². The van der Waals surface area contributed by atoms with E-state index in [0.717, 1.165) is 31.5 Å². The third kappa shape index (κ3) is 5.16. The molecule has 0 atom stereocenters. The largest absolute Gasteiger partial charge is 0.379 e. The molecule has 1 aromatic heterocycles. The van der Waals surface area contributed by atoms with Crippen LogP contribution in [0.5, 0.6) is 0 Å². The van der Waals surface area contributed by atoms with Gasteiger partial charge in [-0.2, -0.15) is 4.31 Å². The van der Waals surface area contributed by atoms with Crippen molar-refractivity contribution in [2.45, 2.75) is 35.7 Å². The van der Waals surface area contributed by atoms with E-state index in [1.54, 1.807) is 24.3 Å². The molecule has 0 radical (unpaired) electrons. The Balaban J connectivity index is 1.42. The Kier molecular flexibility index (Phi) is 7.49. The summed E-state index contributed by atoms with van der Waals surface area (Å²) < 4.78 is 34.1. The van der Waals surface area contributed by atoms with Crippen molar-refractivity contribution < 1.29 is 17.9 Å². The molecule has 0 N–H and O–H groups in total. The van der Waals surface area contributed by atoms with Crippen molar-refractivity contribution >= 4 is 27.7 Å². The maximum atomic E-state index is 12.8. The maximum Gasteiger partial charge on any atom is 0.243 e. The second-order valence-electron chi connectivity index (χ2n) is 7.99. The first-order valence-electron chi connectivity index (χ1n) is 10.9. The summed E-state index contributed by atoms with van der Waals surface area (Å²) in [5.41, 5.74) is 0.770. The number of nitrogens with zero attached hydrogens (tertiary/aromatic N) is 5. The Bertz CT molecular complexity index is 1020. The normalized spacial score (nSPS) is 18.5. The van der Waals surface area contributed by atoms with Crippen molar-refractivity contribution in [2.75, 3.05) is 45.1 Å². The summed E-state index contributed by atoms with van der Waals surface area (Å²) in [6.45, 7) is 3.23. The van der Waals surface area contributed by atoms with Gasteiger partial charge in [-0.05, 0) is 37.1 Å². The van der Waals surface area contributed by atoms with E-state index in [4.69, 9.17) is 4.74 Å². The lowest BCUT2D eigenvalue weighted by molar-refractivity contribution is -0.128. The molecule has 1 amide bonds. The van der Waals surface area contributed by atoms with E-state index in [9.17, 15) is 13.2 Å². The molecule has 9 nitrogen and oxygen atoms in total. The summed E-state index contributed by atoms with van der Waals surface area (Å²) >= 11 is 1.38. The first-order valence-corrected chi connectivity index (χ1v) is 13.4. The number of amides is 1. The van der Waals surface area contributed by atoms with Gasteiger partial charge in [0, 0.05) is 38.8 Å². The van der Waals surface area contributed by atoms with Gasteiger partial charge in [-0.25, -0.2) is 8.42 Å². The molecule has 32 heavy (non-hydrogen) atoms. The van der Waals surface area contributed by atoms with Crippen LogP contribution >= 0.6 is 11.8 Å². The van der Waals surface area contributed by atoms with Gasteiger partial charge in [-0.1, -0.05) is 24.6 Å². The molecule has 0 spiro atoms. The van der Waals surface area contributed by atoms with Crippen LogP contribution < -0.4 is 0 Å². The second-order valence-corrected chi connectivity index (χ2v) is 10.9. The van der Waals surface area contributed by atoms with Crippen molar-refractivity contribution in [3.63, 3.8) is 0 Å². The number of sulfonamides is 1. The zero-order valence-electron chi connectivity index (χ0n) is 18.3. The van der Waals surface area contributed by atoms with Crippen LogP contribution in [0.25, 0.3) is 11.4 Å². The summed E-state index contributed by atoms with van der Waals surface area (Å²) in [5, 5.41) is 9.16. The fourth-order valence-corrected chi connectivity index (χ4v) is 6.16. The number of carbonyl (C=O) groups is 1. The van der Waals surface area contributed by atoms with Gasteiger partial charge in [0.2, 0.25) is 15.9 Å². The summed E-state index contributed by atoms with van der Waals surface area (Å²) in [6, 6.07) is 6.69. The van der Waals surface area contributed by atoms with E-state index < -0.39 is 10.0 Å². The molecule has 174 valence electrons. The van der Waals surface area contributed by atoms with Gasteiger partial charge in [0.05, 0.1) is 23.9 Å². The fourth-order valence-electron chi connectivity index (χ4n) is 3.94. The van der Waals surface area contributed by atoms with Crippen LogP contribution in [0.2, 0.25) is 0 Å². The summed E-state index contributed by atoms with van der Waals surface area (Å²) in [6.07, 6.45) is 4.52. The molecule has 2 aliphatic rings. The van der Waals surface area contributed by atoms with Crippen LogP contribution in [0.4, 0.5) is 0 Å². The lowest BCUT2D eigenvalue weighted by Gasteiger charge is -2.26. The summed E-state index contributed by atoms with van der Waals surface area (Å²) in [4.78, 5) is 14.8. The van der Waals surface area contributed by atoms with Gasteiger partial charge in [-0.3, -0.25) is 4.79 Å². The van der Waals surface area contributed by atoms with Crippen molar-refractivity contribution in [3.05, 3.63) is 24.3 Å². The number of benzene rings is 1. The summed E-state index contributed by atoms with van der Waals surface area (Å²) in [7, 11) is -1.68. The fraction of sp³-hybridized carbons (Fsp3) is 0.571. The molecule has 2 saturated heterocycles. The molecule has 0 bridgehead atoms. The highest BCUT2D eigenvalue weighted by Crippen LogP contribution is 2.25. The molecule has 0 unspecified atom stereocenters. The minimum absolute atomic E-state index is 0.138. The third-order valence-corrected chi connectivity index (χ3v) is 8.76. The lowest BCUT2D eigenvalue weighted by Crippen LogP contribution is -2.40. The van der Waals surface area contributed by atoms with E-state index in [1.165, 1.54) is 28.9 Å². The number of thioether (sulfide) groups is 1. The van der Waals surface area contributed by atoms with E-state index >= 15 is 0 Å². The van der Waals surface area contributed by atoms with Crippen LogP contribution in [0.3, 0.4) is 0 Å². The number of hydrogen-bond donors (Lipinski definition) is 0. The number of ether oxygens (including phenoxy) is 1. The van der Waals surface area contributed by atoms with Crippen LogP contribution in [-0.2, 0) is 26.6 Å². The van der Waals surface area contributed by atoms with E-state index in [1.807, 2.05) is 16.5 Å². The smallest absolute Gasteiger partial charge is 0.243 e. The first-order chi connectivity index (χ1) is 15.5. The van der Waals surface area contributed by atoms with Crippen molar-refractivity contribution in [1.82, 2.24) is 24.0 Å². The minimum atomic E-state index is -3.53. The standard InChI is InChI=1S/C21H29N5O4S2/c1-24-20(22-23-21(24)31-16-19(27)25-10-4-2-3-5-11-25)17-6-8-18(9-7-17)32(28,29)26-12-14-30-15-13-26/h6-9H,2-5,10-16H2,1H3. The van der Waals surface area contributed by atoms with Gasteiger partial charge >= 0.3 is 0 Å². The Morgan fingerprint density at radius 2 is 1.66 bits per heavy atom. The highest BCUT2D eigenvalue weighted by Gasteiger charge is 2.26. The predicted octanol–water partition coefficient (Wildman–Crippen LogP) is 2.00. The molecular weight excluding hydrogens is 450 g/mol. The molecule has 1 aromatic carbocycles. The number of carbonyl (C=O) groups excluding carboxylic acids is 1. The maximum absolute atomic E-state index is 12.8. The third-order valence-electron chi connectivity index (χ3n) is 5.84. The van der Waals surface area contributed by atoms with E-state index in [0.29, 0.717) is 43.0 Å². The molecule has 3 heterocycles. The highest BCUT2D eigenvalue weighted by molar-refractivity contribution is 7.99. The Morgan fingerprint density at radius 1 is 1.00 bits per heavy atom. The molecule has 2 aliphatic heterocycles. The average molecular weight is 480 g/mol. The van der Waals surface area contributed by atoms with Gasteiger partial charge in [0.15, 0.2) is 11.0 Å². The van der Waals surface area contributed by atoms with Crippen molar-refractivity contribution in [2.24, 2.45) is 7.05 Å². The monoisotopic (exact) mass is 479 g/mol.